The van der Waals surface area contributed by atoms with E-state index in [1.807, 2.05) is 61.5 Å². The summed E-state index contributed by atoms with van der Waals surface area (Å²) in [7, 11) is 0. The lowest BCUT2D eigenvalue weighted by molar-refractivity contribution is -0.180. The number of hydrogen-bond donors (Lipinski definition) is 0. The van der Waals surface area contributed by atoms with Crippen molar-refractivity contribution in [2.45, 2.75) is 32.5 Å². The van der Waals surface area contributed by atoms with Crippen LogP contribution >= 0.6 is 0 Å². The van der Waals surface area contributed by atoms with Crippen LogP contribution in [-0.2, 0) is 9.47 Å². The first-order chi connectivity index (χ1) is 13.7. The number of fused-ring (bicyclic) bond motifs is 1. The molecule has 4 nitrogen and oxygen atoms in total. The summed E-state index contributed by atoms with van der Waals surface area (Å²) in [5.41, 5.74) is 3.07. The van der Waals surface area contributed by atoms with Gasteiger partial charge in [-0.2, -0.15) is 0 Å². The zero-order valence-electron chi connectivity index (χ0n) is 16.0. The van der Waals surface area contributed by atoms with Gasteiger partial charge in [-0.05, 0) is 25.8 Å². The molecule has 0 atom stereocenters. The maximum Gasteiger partial charge on any atom is 0.196 e. The maximum atomic E-state index is 12.9. The van der Waals surface area contributed by atoms with Crippen LogP contribution in [-0.4, -0.2) is 19.5 Å². The highest BCUT2D eigenvalue weighted by molar-refractivity contribution is 5.87. The van der Waals surface area contributed by atoms with E-state index in [9.17, 15) is 4.79 Å². The third kappa shape index (κ3) is 3.93. The summed E-state index contributed by atoms with van der Waals surface area (Å²) >= 11 is 0. The molecule has 0 unspecified atom stereocenters. The lowest BCUT2D eigenvalue weighted by Gasteiger charge is -2.22. The quantitative estimate of drug-likeness (QED) is 0.604. The Labute approximate surface area is 164 Å². The average Bonchev–Trinajstić information content (AvgIpc) is 2.75. The second-order valence-corrected chi connectivity index (χ2v) is 6.98. The Morgan fingerprint density at radius 2 is 1.82 bits per heavy atom. The topological polar surface area (TPSA) is 48.7 Å². The van der Waals surface area contributed by atoms with Crippen LogP contribution in [0.3, 0.4) is 0 Å². The predicted molar refractivity (Wildman–Crippen MR) is 111 cm³/mol. The van der Waals surface area contributed by atoms with Crippen LogP contribution < -0.4 is 5.43 Å². The molecule has 1 fully saturated rings. The fourth-order valence-electron chi connectivity index (χ4n) is 3.47. The molecule has 0 bridgehead atoms. The highest BCUT2D eigenvalue weighted by Crippen LogP contribution is 2.27. The third-order valence-corrected chi connectivity index (χ3v) is 4.97. The van der Waals surface area contributed by atoms with E-state index in [0.717, 1.165) is 43.6 Å². The Morgan fingerprint density at radius 3 is 2.61 bits per heavy atom. The highest BCUT2D eigenvalue weighted by Gasteiger charge is 2.15. The summed E-state index contributed by atoms with van der Waals surface area (Å²) < 4.78 is 17.4. The minimum Gasteiger partial charge on any atom is -0.455 e. The zero-order chi connectivity index (χ0) is 19.3. The van der Waals surface area contributed by atoms with Gasteiger partial charge in [0.15, 0.2) is 11.7 Å². The highest BCUT2D eigenvalue weighted by atomic mass is 16.7. The lowest BCUT2D eigenvalue weighted by Crippen LogP contribution is -2.24. The summed E-state index contributed by atoms with van der Waals surface area (Å²) in [5, 5.41) is 0.610. The molecule has 2 aromatic carbocycles. The smallest absolute Gasteiger partial charge is 0.196 e. The molecule has 144 valence electrons. The molecule has 2 heterocycles. The first-order valence-corrected chi connectivity index (χ1v) is 9.75. The number of rotatable bonds is 5. The van der Waals surface area contributed by atoms with Crippen molar-refractivity contribution >= 4 is 17.0 Å². The Kier molecular flexibility index (Phi) is 5.70. The van der Waals surface area contributed by atoms with Gasteiger partial charge in [0.05, 0.1) is 18.6 Å². The number of hydrogen-bond acceptors (Lipinski definition) is 4. The first-order valence-electron chi connectivity index (χ1n) is 9.75. The fourth-order valence-corrected chi connectivity index (χ4v) is 3.47. The van der Waals surface area contributed by atoms with Gasteiger partial charge in [-0.3, -0.25) is 4.79 Å². The maximum absolute atomic E-state index is 12.9. The van der Waals surface area contributed by atoms with E-state index in [4.69, 9.17) is 13.9 Å². The van der Waals surface area contributed by atoms with Crippen molar-refractivity contribution in [3.8, 4) is 11.3 Å². The second kappa shape index (κ2) is 8.55. The van der Waals surface area contributed by atoms with Crippen LogP contribution in [0, 0.1) is 6.92 Å². The van der Waals surface area contributed by atoms with Crippen molar-refractivity contribution in [3.05, 3.63) is 76.0 Å². The van der Waals surface area contributed by atoms with E-state index in [1.54, 1.807) is 0 Å². The Bertz CT molecular complexity index is 1030. The molecule has 4 heteroatoms. The van der Waals surface area contributed by atoms with Crippen LogP contribution in [0.25, 0.3) is 28.4 Å². The molecular weight excluding hydrogens is 352 g/mol. The van der Waals surface area contributed by atoms with Crippen LogP contribution in [0.15, 0.2) is 63.8 Å². The van der Waals surface area contributed by atoms with Gasteiger partial charge in [0.1, 0.15) is 11.3 Å². The van der Waals surface area contributed by atoms with E-state index in [-0.39, 0.29) is 11.7 Å². The minimum absolute atomic E-state index is 0.0133. The van der Waals surface area contributed by atoms with Gasteiger partial charge >= 0.3 is 0 Å². The number of benzene rings is 2. The molecule has 0 N–H and O–H groups in total. The Hall–Kier alpha value is -2.69. The van der Waals surface area contributed by atoms with Gasteiger partial charge in [-0.25, -0.2) is 0 Å². The molecule has 4 rings (SSSR count). The third-order valence-electron chi connectivity index (χ3n) is 4.97. The van der Waals surface area contributed by atoms with Crippen molar-refractivity contribution in [3.63, 3.8) is 0 Å². The van der Waals surface area contributed by atoms with Crippen LogP contribution in [0.1, 0.15) is 30.4 Å². The largest absolute Gasteiger partial charge is 0.455 e. The molecule has 1 saturated heterocycles. The second-order valence-electron chi connectivity index (χ2n) is 6.98. The van der Waals surface area contributed by atoms with E-state index >= 15 is 0 Å². The monoisotopic (exact) mass is 376 g/mol. The molecule has 0 aliphatic carbocycles. The minimum atomic E-state index is -0.115. The Balaban J connectivity index is 1.64. The van der Waals surface area contributed by atoms with Crippen molar-refractivity contribution in [2.75, 3.05) is 13.2 Å². The zero-order valence-corrected chi connectivity index (χ0v) is 16.0. The molecule has 1 aliphatic rings. The van der Waals surface area contributed by atoms with Gasteiger partial charge in [0.2, 0.25) is 0 Å². The summed E-state index contributed by atoms with van der Waals surface area (Å²) in [5.74, 6) is 0.628. The van der Waals surface area contributed by atoms with Crippen LogP contribution in [0.5, 0.6) is 0 Å². The van der Waals surface area contributed by atoms with Crippen molar-refractivity contribution in [1.82, 2.24) is 0 Å². The molecule has 1 aliphatic heterocycles. The van der Waals surface area contributed by atoms with Gasteiger partial charge in [-0.15, -0.1) is 0 Å². The SMILES string of the molecule is Cc1c(-c2ccccc2)oc2c(/C=C/CCC3OCCCO3)cccc2c1=O. The molecule has 0 spiro atoms. The number of para-hydroxylation sites is 1. The molecule has 0 saturated carbocycles. The van der Waals surface area contributed by atoms with Crippen LogP contribution in [0.4, 0.5) is 0 Å². The lowest BCUT2D eigenvalue weighted by atomic mass is 10.0. The van der Waals surface area contributed by atoms with Crippen molar-refractivity contribution in [2.24, 2.45) is 0 Å². The van der Waals surface area contributed by atoms with Crippen LogP contribution in [0.2, 0.25) is 0 Å². The molecule has 3 aromatic rings. The molecular formula is C24H24O4. The molecule has 1 aromatic heterocycles. The summed E-state index contributed by atoms with van der Waals surface area (Å²) in [6.07, 6.45) is 6.60. The van der Waals surface area contributed by atoms with Gasteiger partial charge in [0, 0.05) is 23.1 Å². The molecule has 0 radical (unpaired) electrons. The predicted octanol–water partition coefficient (Wildman–Crippen LogP) is 5.32. The first kappa shape index (κ1) is 18.7. The van der Waals surface area contributed by atoms with Gasteiger partial charge in [-0.1, -0.05) is 54.6 Å². The number of allylic oxidation sites excluding steroid dienone is 1. The average molecular weight is 376 g/mol. The Morgan fingerprint density at radius 1 is 1.04 bits per heavy atom. The van der Waals surface area contributed by atoms with E-state index in [0.29, 0.717) is 22.3 Å². The molecule has 0 amide bonds. The number of ether oxygens (including phenoxy) is 2. The van der Waals surface area contributed by atoms with Crippen molar-refractivity contribution < 1.29 is 13.9 Å². The van der Waals surface area contributed by atoms with Gasteiger partial charge < -0.3 is 13.9 Å². The summed E-state index contributed by atoms with van der Waals surface area (Å²) in [6, 6.07) is 15.4. The molecule has 28 heavy (non-hydrogen) atoms. The summed E-state index contributed by atoms with van der Waals surface area (Å²) in [4.78, 5) is 12.9. The van der Waals surface area contributed by atoms with Crippen molar-refractivity contribution in [1.29, 1.82) is 0 Å². The van der Waals surface area contributed by atoms with E-state index in [2.05, 4.69) is 6.08 Å². The van der Waals surface area contributed by atoms with E-state index < -0.39 is 0 Å². The standard InChI is InChI=1S/C24H24O4/c1-17-22(25)20-13-7-12-19(11-5-6-14-21-26-15-8-16-27-21)24(20)28-23(17)18-9-3-2-4-10-18/h2-5,7,9-13,21H,6,8,14-16H2,1H3/b11-5+. The van der Waals surface area contributed by atoms with E-state index in [1.165, 1.54) is 0 Å². The van der Waals surface area contributed by atoms with Gasteiger partial charge in [0.25, 0.3) is 0 Å². The summed E-state index contributed by atoms with van der Waals surface area (Å²) in [6.45, 7) is 3.36. The fraction of sp³-hybridized carbons (Fsp3) is 0.292. The normalized spacial score (nSPS) is 15.5.